The van der Waals surface area contributed by atoms with Crippen LogP contribution in [-0.4, -0.2) is 29.8 Å². The zero-order chi connectivity index (χ0) is 18.2. The third kappa shape index (κ3) is 3.11. The molecule has 2 aromatic rings. The van der Waals surface area contributed by atoms with E-state index in [4.69, 9.17) is 0 Å². The highest BCUT2D eigenvalue weighted by Crippen LogP contribution is 2.23. The highest BCUT2D eigenvalue weighted by atomic mass is 32.2. The van der Waals surface area contributed by atoms with Crippen LogP contribution in [-0.2, 0) is 14.8 Å². The number of sulfonamides is 1. The van der Waals surface area contributed by atoms with Crippen LogP contribution in [0, 0.1) is 6.92 Å². The number of nitrogens with one attached hydrogen (secondary N) is 1. The van der Waals surface area contributed by atoms with Gasteiger partial charge in [0.2, 0.25) is 0 Å². The van der Waals surface area contributed by atoms with Gasteiger partial charge in [0.15, 0.2) is 0 Å². The predicted octanol–water partition coefficient (Wildman–Crippen LogP) is 1.98. The number of urea groups is 1. The summed E-state index contributed by atoms with van der Waals surface area (Å²) >= 11 is 0. The number of carbonyl (C=O) groups is 2. The summed E-state index contributed by atoms with van der Waals surface area (Å²) in [7, 11) is -4.29. The average molecular weight is 358 g/mol. The van der Waals surface area contributed by atoms with Gasteiger partial charge in [0.1, 0.15) is 11.4 Å². The van der Waals surface area contributed by atoms with Gasteiger partial charge in [-0.3, -0.25) is 4.79 Å². The molecule has 1 aliphatic rings. The first kappa shape index (κ1) is 16.7. The van der Waals surface area contributed by atoms with Crippen molar-refractivity contribution in [3.05, 3.63) is 65.4 Å². The van der Waals surface area contributed by atoms with Crippen LogP contribution < -0.4 is 5.32 Å². The first-order valence-electron chi connectivity index (χ1n) is 7.27. The van der Waals surface area contributed by atoms with E-state index in [-0.39, 0.29) is 20.6 Å². The lowest BCUT2D eigenvalue weighted by atomic mass is 10.2. The highest BCUT2D eigenvalue weighted by Gasteiger charge is 2.43. The molecule has 8 heteroatoms. The van der Waals surface area contributed by atoms with Crippen LogP contribution in [0.15, 0.2) is 59.1 Å². The van der Waals surface area contributed by atoms with E-state index in [1.54, 1.807) is 19.1 Å². The fourth-order valence-corrected chi connectivity index (χ4v) is 3.56. The first-order valence-corrected chi connectivity index (χ1v) is 8.71. The molecule has 0 aromatic heterocycles. The molecule has 0 spiro atoms. The van der Waals surface area contributed by atoms with Gasteiger partial charge in [0.05, 0.1) is 4.90 Å². The highest BCUT2D eigenvalue weighted by molar-refractivity contribution is 7.90. The monoisotopic (exact) mass is 358 g/mol. The number of aryl methyl sites for hydroxylation is 1. The zero-order valence-corrected chi connectivity index (χ0v) is 13.9. The van der Waals surface area contributed by atoms with Crippen molar-refractivity contribution < 1.29 is 23.1 Å². The molecule has 0 saturated carbocycles. The van der Waals surface area contributed by atoms with E-state index in [0.717, 1.165) is 5.56 Å². The Morgan fingerprint density at radius 1 is 1.00 bits per heavy atom. The van der Waals surface area contributed by atoms with E-state index >= 15 is 0 Å². The number of hydrogen-bond acceptors (Lipinski definition) is 5. The van der Waals surface area contributed by atoms with Crippen molar-refractivity contribution in [1.82, 2.24) is 9.62 Å². The minimum atomic E-state index is -4.29. The smallest absolute Gasteiger partial charge is 0.343 e. The van der Waals surface area contributed by atoms with Crippen molar-refractivity contribution in [3.8, 4) is 5.75 Å². The molecule has 0 radical (unpaired) electrons. The molecule has 2 aromatic carbocycles. The number of imide groups is 1. The van der Waals surface area contributed by atoms with E-state index < -0.39 is 22.0 Å². The van der Waals surface area contributed by atoms with Crippen molar-refractivity contribution in [1.29, 1.82) is 0 Å². The normalized spacial score (nSPS) is 16.4. The van der Waals surface area contributed by atoms with Gasteiger partial charge in [-0.15, -0.1) is 4.31 Å². The molecule has 25 heavy (non-hydrogen) atoms. The third-order valence-corrected chi connectivity index (χ3v) is 5.28. The average Bonchev–Trinajstić information content (AvgIpc) is 2.84. The Bertz CT molecular complexity index is 977. The fraction of sp³-hybridized carbons (Fsp3) is 0.0588. The number of amides is 3. The first-order chi connectivity index (χ1) is 11.8. The van der Waals surface area contributed by atoms with Gasteiger partial charge >= 0.3 is 6.03 Å². The summed E-state index contributed by atoms with van der Waals surface area (Å²) in [5.41, 5.74) is 1.21. The van der Waals surface area contributed by atoms with E-state index in [1.165, 1.54) is 42.5 Å². The summed E-state index contributed by atoms with van der Waals surface area (Å²) in [6, 6.07) is 10.7. The fourth-order valence-electron chi connectivity index (χ4n) is 2.29. The number of aromatic hydroxyl groups is 1. The molecule has 7 nitrogen and oxygen atoms in total. The minimum Gasteiger partial charge on any atom is -0.508 e. The number of rotatable bonds is 3. The predicted molar refractivity (Wildman–Crippen MR) is 89.8 cm³/mol. The summed E-state index contributed by atoms with van der Waals surface area (Å²) < 4.78 is 25.4. The molecule has 0 unspecified atom stereocenters. The molecule has 1 saturated heterocycles. The second-order valence-electron chi connectivity index (χ2n) is 5.47. The number of nitrogens with zero attached hydrogens (tertiary/aromatic N) is 1. The quantitative estimate of drug-likeness (QED) is 0.645. The van der Waals surface area contributed by atoms with Gasteiger partial charge in [-0.25, -0.2) is 13.2 Å². The van der Waals surface area contributed by atoms with Crippen molar-refractivity contribution in [3.63, 3.8) is 0 Å². The standard InChI is InChI=1S/C17H14N2O5S/c1-11-2-8-14(9-3-11)25(23,24)19-16(21)15(18-17(19)22)10-12-4-6-13(20)7-5-12/h2-10,20H,1H3,(H,18,22)/b15-10-. The molecule has 2 N–H and O–H groups in total. The zero-order valence-electron chi connectivity index (χ0n) is 13.1. The lowest BCUT2D eigenvalue weighted by Crippen LogP contribution is -2.36. The van der Waals surface area contributed by atoms with Crippen LogP contribution in [0.25, 0.3) is 6.08 Å². The SMILES string of the molecule is Cc1ccc(S(=O)(=O)N2C(=O)N/C(=C\c3ccc(O)cc3)C2=O)cc1. The molecule has 1 fully saturated rings. The molecular formula is C17H14N2O5S. The number of phenolic OH excluding ortho intramolecular Hbond substituents is 1. The maximum atomic E-state index is 12.6. The van der Waals surface area contributed by atoms with E-state index in [1.807, 2.05) is 0 Å². The Morgan fingerprint density at radius 3 is 2.20 bits per heavy atom. The molecule has 0 aliphatic carbocycles. The second kappa shape index (κ2) is 6.06. The number of benzene rings is 2. The van der Waals surface area contributed by atoms with Gasteiger partial charge in [0.25, 0.3) is 15.9 Å². The van der Waals surface area contributed by atoms with E-state index in [9.17, 15) is 23.1 Å². The number of hydrogen-bond donors (Lipinski definition) is 2. The molecule has 3 rings (SSSR count). The van der Waals surface area contributed by atoms with Gasteiger partial charge in [0, 0.05) is 0 Å². The summed E-state index contributed by atoms with van der Waals surface area (Å²) in [6.07, 6.45) is 1.34. The topological polar surface area (TPSA) is 104 Å². The van der Waals surface area contributed by atoms with Crippen LogP contribution >= 0.6 is 0 Å². The molecule has 128 valence electrons. The summed E-state index contributed by atoms with van der Waals surface area (Å²) in [4.78, 5) is 24.3. The Balaban J connectivity index is 1.96. The molecular weight excluding hydrogens is 344 g/mol. The van der Waals surface area contributed by atoms with Gasteiger partial charge < -0.3 is 10.4 Å². The van der Waals surface area contributed by atoms with Crippen molar-refractivity contribution >= 4 is 28.0 Å². The maximum Gasteiger partial charge on any atom is 0.343 e. The van der Waals surface area contributed by atoms with Crippen LogP contribution in [0.5, 0.6) is 5.75 Å². The van der Waals surface area contributed by atoms with Crippen molar-refractivity contribution in [2.24, 2.45) is 0 Å². The number of phenols is 1. The Morgan fingerprint density at radius 2 is 1.60 bits per heavy atom. The minimum absolute atomic E-state index is 0.0486. The molecule has 0 bridgehead atoms. The van der Waals surface area contributed by atoms with Crippen LogP contribution in [0.4, 0.5) is 4.79 Å². The number of carbonyl (C=O) groups excluding carboxylic acids is 2. The van der Waals surface area contributed by atoms with Crippen LogP contribution in [0.2, 0.25) is 0 Å². The van der Waals surface area contributed by atoms with E-state index in [0.29, 0.717) is 5.56 Å². The van der Waals surface area contributed by atoms with Crippen LogP contribution in [0.3, 0.4) is 0 Å². The molecule has 0 atom stereocenters. The van der Waals surface area contributed by atoms with Crippen LogP contribution in [0.1, 0.15) is 11.1 Å². The van der Waals surface area contributed by atoms with E-state index in [2.05, 4.69) is 5.32 Å². The third-order valence-electron chi connectivity index (χ3n) is 3.60. The van der Waals surface area contributed by atoms with Crippen molar-refractivity contribution in [2.75, 3.05) is 0 Å². The van der Waals surface area contributed by atoms with Gasteiger partial charge in [-0.2, -0.15) is 0 Å². The lowest BCUT2D eigenvalue weighted by molar-refractivity contribution is -0.119. The largest absolute Gasteiger partial charge is 0.508 e. The molecule has 3 amide bonds. The summed E-state index contributed by atoms with van der Waals surface area (Å²) in [5.74, 6) is -0.911. The molecule has 1 aliphatic heterocycles. The Kier molecular flexibility index (Phi) is 4.05. The Hall–Kier alpha value is -3.13. The summed E-state index contributed by atoms with van der Waals surface area (Å²) in [6.45, 7) is 1.79. The second-order valence-corrected chi connectivity index (χ2v) is 7.25. The molecule has 1 heterocycles. The van der Waals surface area contributed by atoms with Gasteiger partial charge in [-0.1, -0.05) is 29.8 Å². The van der Waals surface area contributed by atoms with Crippen molar-refractivity contribution in [2.45, 2.75) is 11.8 Å². The Labute approximate surface area is 144 Å². The maximum absolute atomic E-state index is 12.6. The van der Waals surface area contributed by atoms with Gasteiger partial charge in [-0.05, 0) is 42.8 Å². The summed E-state index contributed by atoms with van der Waals surface area (Å²) in [5, 5.41) is 11.5. The lowest BCUT2D eigenvalue weighted by Gasteiger charge is -2.12.